The molecule has 3 aromatic carbocycles. The normalized spacial score (nSPS) is 13.1. The second kappa shape index (κ2) is 9.63. The number of nitrogens with one attached hydrogen (secondary N) is 3. The van der Waals surface area contributed by atoms with Crippen LogP contribution < -0.4 is 15.4 Å². The van der Waals surface area contributed by atoms with Crippen LogP contribution in [-0.2, 0) is 9.53 Å². The van der Waals surface area contributed by atoms with E-state index in [0.29, 0.717) is 16.8 Å². The molecule has 0 aliphatic carbocycles. The highest BCUT2D eigenvalue weighted by Gasteiger charge is 2.27. The summed E-state index contributed by atoms with van der Waals surface area (Å²) in [5.41, 5.74) is 5.63. The summed E-state index contributed by atoms with van der Waals surface area (Å²) in [5, 5.41) is 5.82. The number of ether oxygens (including phenoxy) is 2. The summed E-state index contributed by atoms with van der Waals surface area (Å²) in [4.78, 5) is 39.9. The lowest BCUT2D eigenvalue weighted by atomic mass is 9.94. The van der Waals surface area contributed by atoms with Gasteiger partial charge in [-0.1, -0.05) is 24.3 Å². The number of carbonyl (C=O) groups excluding carboxylic acids is 3. The van der Waals surface area contributed by atoms with E-state index < -0.39 is 6.16 Å². The Hall–Kier alpha value is -5.11. The molecular weight excluding hydrogens is 458 g/mol. The van der Waals surface area contributed by atoms with E-state index >= 15 is 0 Å². The molecule has 2 amide bonds. The third-order valence-electron chi connectivity index (χ3n) is 5.66. The molecule has 4 aromatic rings. The second-order valence-electron chi connectivity index (χ2n) is 7.98. The van der Waals surface area contributed by atoms with Crippen LogP contribution >= 0.6 is 0 Å². The number of rotatable bonds is 5. The number of hydrogen-bond donors (Lipinski definition) is 3. The molecule has 0 bridgehead atoms. The predicted octanol–water partition coefficient (Wildman–Crippen LogP) is 5.57. The molecule has 0 radical (unpaired) electrons. The highest BCUT2D eigenvalue weighted by atomic mass is 16.7. The molecule has 0 spiro atoms. The summed E-state index contributed by atoms with van der Waals surface area (Å²) in [5.74, 6) is -0.222. The Morgan fingerprint density at radius 1 is 0.944 bits per heavy atom. The Labute approximate surface area is 206 Å². The van der Waals surface area contributed by atoms with Crippen molar-refractivity contribution in [2.45, 2.75) is 0 Å². The fourth-order valence-corrected chi connectivity index (χ4v) is 4.00. The zero-order chi connectivity index (χ0) is 25.1. The van der Waals surface area contributed by atoms with Gasteiger partial charge in [0, 0.05) is 34.4 Å². The van der Waals surface area contributed by atoms with Gasteiger partial charge in [0.2, 0.25) is 0 Å². The molecule has 0 saturated carbocycles. The fraction of sp³-hybridized carbons (Fsp3) is 0.0357. The van der Waals surface area contributed by atoms with E-state index in [1.54, 1.807) is 24.4 Å². The maximum atomic E-state index is 12.8. The summed E-state index contributed by atoms with van der Waals surface area (Å²) in [7, 11) is 1.22. The predicted molar refractivity (Wildman–Crippen MR) is 137 cm³/mol. The molecule has 0 saturated heterocycles. The smallest absolute Gasteiger partial charge is 0.437 e. The number of amides is 2. The average Bonchev–Trinajstić information content (AvgIpc) is 3.52. The second-order valence-corrected chi connectivity index (χ2v) is 7.98. The van der Waals surface area contributed by atoms with Gasteiger partial charge in [-0.15, -0.1) is 0 Å². The molecule has 5 rings (SSSR count). The van der Waals surface area contributed by atoms with Crippen LogP contribution in [0, 0.1) is 0 Å². The molecule has 0 unspecified atom stereocenters. The van der Waals surface area contributed by atoms with Crippen LogP contribution in [0.3, 0.4) is 0 Å². The Bertz CT molecular complexity index is 1490. The number of benzene rings is 3. The molecule has 0 fully saturated rings. The summed E-state index contributed by atoms with van der Waals surface area (Å²) >= 11 is 0. The fourth-order valence-electron chi connectivity index (χ4n) is 4.00. The van der Waals surface area contributed by atoms with Crippen molar-refractivity contribution >= 4 is 41.0 Å². The van der Waals surface area contributed by atoms with Gasteiger partial charge in [-0.3, -0.25) is 9.59 Å². The molecule has 1 aliphatic heterocycles. The summed E-state index contributed by atoms with van der Waals surface area (Å²) in [6.07, 6.45) is 2.79. The van der Waals surface area contributed by atoms with Crippen molar-refractivity contribution in [3.05, 3.63) is 102 Å². The Kier molecular flexibility index (Phi) is 6.07. The van der Waals surface area contributed by atoms with Gasteiger partial charge in [0.05, 0.1) is 12.7 Å². The molecule has 1 aromatic heterocycles. The molecule has 1 aliphatic rings. The maximum Gasteiger partial charge on any atom is 0.513 e. The van der Waals surface area contributed by atoms with Gasteiger partial charge in [0.15, 0.2) is 0 Å². The molecule has 36 heavy (non-hydrogen) atoms. The lowest BCUT2D eigenvalue weighted by Crippen LogP contribution is -2.12. The third kappa shape index (κ3) is 4.60. The summed E-state index contributed by atoms with van der Waals surface area (Å²) in [6, 6.07) is 23.0. The van der Waals surface area contributed by atoms with Crippen LogP contribution in [-0.4, -0.2) is 30.1 Å². The zero-order valence-corrected chi connectivity index (χ0v) is 19.2. The molecule has 8 nitrogen and oxygen atoms in total. The topological polar surface area (TPSA) is 110 Å². The Morgan fingerprint density at radius 2 is 1.75 bits per heavy atom. The van der Waals surface area contributed by atoms with E-state index in [0.717, 1.165) is 28.1 Å². The number of methoxy groups -OCH3 is 1. The maximum absolute atomic E-state index is 12.8. The molecule has 0 atom stereocenters. The van der Waals surface area contributed by atoms with Gasteiger partial charge in [-0.05, 0) is 71.8 Å². The third-order valence-corrected chi connectivity index (χ3v) is 5.66. The van der Waals surface area contributed by atoms with E-state index in [9.17, 15) is 14.4 Å². The lowest BCUT2D eigenvalue weighted by Gasteiger charge is -2.11. The Morgan fingerprint density at radius 3 is 2.50 bits per heavy atom. The number of hydrogen-bond acceptors (Lipinski definition) is 5. The van der Waals surface area contributed by atoms with Crippen LogP contribution in [0.2, 0.25) is 0 Å². The largest absolute Gasteiger partial charge is 0.513 e. The zero-order valence-electron chi connectivity index (χ0n) is 19.2. The van der Waals surface area contributed by atoms with Gasteiger partial charge in [-0.2, -0.15) is 0 Å². The minimum absolute atomic E-state index is 0.170. The van der Waals surface area contributed by atoms with Gasteiger partial charge in [-0.25, -0.2) is 4.79 Å². The first-order valence-corrected chi connectivity index (χ1v) is 11.1. The SMILES string of the molecule is COC(=O)Oc1ccc(C(=O)Nc2cccc(-c3cccc4c3C(=Cc3ccc[nH]3)C(=O)N4)c2)cc1. The number of aromatic nitrogens is 1. The van der Waals surface area contributed by atoms with E-state index in [4.69, 9.17) is 4.74 Å². The van der Waals surface area contributed by atoms with Crippen LogP contribution in [0.25, 0.3) is 22.8 Å². The van der Waals surface area contributed by atoms with Crippen molar-refractivity contribution in [1.29, 1.82) is 0 Å². The monoisotopic (exact) mass is 479 g/mol. The quantitative estimate of drug-likeness (QED) is 0.197. The van der Waals surface area contributed by atoms with Gasteiger partial charge < -0.3 is 25.1 Å². The molecule has 3 N–H and O–H groups in total. The van der Waals surface area contributed by atoms with Crippen molar-refractivity contribution in [1.82, 2.24) is 4.98 Å². The minimum Gasteiger partial charge on any atom is -0.437 e. The first kappa shape index (κ1) is 22.7. The standard InChI is InChI=1S/C28H21N3O5/c1-35-28(34)36-21-12-10-17(11-13-21)26(32)30-20-6-2-5-18(15-20)22-8-3-9-24-25(22)23(27(33)31-24)16-19-7-4-14-29-19/h2-16,29H,1H3,(H,30,32)(H,31,33). The molecule has 178 valence electrons. The summed E-state index contributed by atoms with van der Waals surface area (Å²) in [6.45, 7) is 0. The van der Waals surface area contributed by atoms with Crippen molar-refractivity contribution < 1.29 is 23.9 Å². The number of anilines is 2. The first-order valence-electron chi connectivity index (χ1n) is 11.1. The lowest BCUT2D eigenvalue weighted by molar-refractivity contribution is -0.110. The number of carbonyl (C=O) groups is 3. The molecule has 2 heterocycles. The van der Waals surface area contributed by atoms with Crippen molar-refractivity contribution in [3.63, 3.8) is 0 Å². The van der Waals surface area contributed by atoms with Crippen molar-refractivity contribution in [2.75, 3.05) is 17.7 Å². The van der Waals surface area contributed by atoms with E-state index in [1.165, 1.54) is 19.2 Å². The van der Waals surface area contributed by atoms with Crippen molar-refractivity contribution in [3.8, 4) is 16.9 Å². The van der Waals surface area contributed by atoms with Gasteiger partial charge in [0.1, 0.15) is 5.75 Å². The number of fused-ring (bicyclic) bond motifs is 1. The van der Waals surface area contributed by atoms with Crippen LogP contribution in [0.15, 0.2) is 85.1 Å². The van der Waals surface area contributed by atoms with E-state index in [-0.39, 0.29) is 17.6 Å². The van der Waals surface area contributed by atoms with Gasteiger partial charge >= 0.3 is 6.16 Å². The number of aromatic amines is 1. The van der Waals surface area contributed by atoms with E-state index in [2.05, 4.69) is 20.4 Å². The van der Waals surface area contributed by atoms with Gasteiger partial charge in [0.25, 0.3) is 11.8 Å². The van der Waals surface area contributed by atoms with Crippen LogP contribution in [0.4, 0.5) is 16.2 Å². The highest BCUT2D eigenvalue weighted by Crippen LogP contribution is 2.40. The Balaban J connectivity index is 1.41. The highest BCUT2D eigenvalue weighted by molar-refractivity contribution is 6.36. The van der Waals surface area contributed by atoms with Crippen LogP contribution in [0.5, 0.6) is 5.75 Å². The van der Waals surface area contributed by atoms with E-state index in [1.807, 2.05) is 54.6 Å². The number of H-pyrrole nitrogens is 1. The average molecular weight is 479 g/mol. The summed E-state index contributed by atoms with van der Waals surface area (Å²) < 4.78 is 9.39. The van der Waals surface area contributed by atoms with Crippen molar-refractivity contribution in [2.24, 2.45) is 0 Å². The minimum atomic E-state index is -0.834. The van der Waals surface area contributed by atoms with Crippen LogP contribution in [0.1, 0.15) is 21.6 Å². The molecular formula is C28H21N3O5. The molecule has 8 heteroatoms. The first-order chi connectivity index (χ1) is 17.5.